The average Bonchev–Trinajstić information content (AvgIpc) is 2.96. The number of hydrogen-bond acceptors (Lipinski definition) is 7. The van der Waals surface area contributed by atoms with E-state index in [-0.39, 0.29) is 42.7 Å². The van der Waals surface area contributed by atoms with Gasteiger partial charge in [0.15, 0.2) is 17.3 Å². The third-order valence-corrected chi connectivity index (χ3v) is 7.78. The lowest BCUT2D eigenvalue weighted by Crippen LogP contribution is -2.50. The fourth-order valence-electron chi connectivity index (χ4n) is 3.74. The molecule has 3 heterocycles. The van der Waals surface area contributed by atoms with Gasteiger partial charge in [-0.3, -0.25) is 4.79 Å². The highest BCUT2D eigenvalue weighted by molar-refractivity contribution is 7.89. The number of amides is 1. The Balaban J connectivity index is 1.40. The Hall–Kier alpha value is -2.56. The highest BCUT2D eigenvalue weighted by atomic mass is 35.5. The molecule has 1 amide bonds. The number of carbonyl (C=O) groups excluding carboxylic acids is 1. The molecule has 11 heteroatoms. The maximum Gasteiger partial charge on any atom is 0.248 e. The largest absolute Gasteiger partial charge is 0.489 e. The zero-order valence-corrected chi connectivity index (χ0v) is 19.4. The van der Waals surface area contributed by atoms with Crippen LogP contribution in [0.4, 0.5) is 0 Å². The van der Waals surface area contributed by atoms with Gasteiger partial charge in [0.05, 0.1) is 18.2 Å². The van der Waals surface area contributed by atoms with Crippen LogP contribution in [0, 0.1) is 13.8 Å². The molecule has 2 aliphatic heterocycles. The average molecular weight is 482 g/mol. The number of piperazine rings is 1. The third-order valence-electron chi connectivity index (χ3n) is 5.36. The molecule has 0 atom stereocenters. The smallest absolute Gasteiger partial charge is 0.248 e. The minimum Gasteiger partial charge on any atom is -0.489 e. The van der Waals surface area contributed by atoms with Crippen LogP contribution in [-0.4, -0.2) is 68.1 Å². The highest BCUT2D eigenvalue weighted by Gasteiger charge is 2.33. The summed E-state index contributed by atoms with van der Waals surface area (Å²) in [6.07, 6.45) is 3.89. The number of benzene rings is 1. The number of sulfonamides is 1. The van der Waals surface area contributed by atoms with Crippen molar-refractivity contribution >= 4 is 33.6 Å². The third kappa shape index (κ3) is 4.48. The Morgan fingerprint density at radius 2 is 1.84 bits per heavy atom. The second-order valence-electron chi connectivity index (χ2n) is 7.60. The molecule has 0 aliphatic carbocycles. The minimum atomic E-state index is -3.72. The van der Waals surface area contributed by atoms with Crippen LogP contribution >= 0.6 is 11.6 Å². The maximum absolute atomic E-state index is 12.9. The van der Waals surface area contributed by atoms with Crippen LogP contribution < -0.4 is 9.47 Å². The zero-order chi connectivity index (χ0) is 22.9. The lowest BCUT2D eigenvalue weighted by Gasteiger charge is -2.33. The summed E-state index contributed by atoms with van der Waals surface area (Å²) in [4.78, 5) is 14.4. The molecule has 0 N–H and O–H groups in total. The van der Waals surface area contributed by atoms with Gasteiger partial charge in [0.25, 0.3) is 0 Å². The van der Waals surface area contributed by atoms with Crippen LogP contribution in [0.25, 0.3) is 6.08 Å². The van der Waals surface area contributed by atoms with Crippen LogP contribution in [0.3, 0.4) is 0 Å². The molecule has 0 bridgehead atoms. The summed E-state index contributed by atoms with van der Waals surface area (Å²) >= 11 is 6.30. The Labute approximate surface area is 191 Å². The number of nitrogens with zero attached hydrogens (tertiary/aromatic N) is 3. The Morgan fingerprint density at radius 3 is 2.53 bits per heavy atom. The lowest BCUT2D eigenvalue weighted by molar-refractivity contribution is -0.127. The molecule has 2 aliphatic rings. The van der Waals surface area contributed by atoms with E-state index >= 15 is 0 Å². The fraction of sp³-hybridized carbons (Fsp3) is 0.429. The van der Waals surface area contributed by atoms with E-state index in [9.17, 15) is 13.2 Å². The number of halogens is 1. The quantitative estimate of drug-likeness (QED) is 0.618. The Kier molecular flexibility index (Phi) is 6.45. The van der Waals surface area contributed by atoms with Crippen LogP contribution in [0.1, 0.15) is 23.4 Å². The van der Waals surface area contributed by atoms with E-state index in [4.69, 9.17) is 25.6 Å². The molecular weight excluding hydrogens is 458 g/mol. The molecule has 0 spiro atoms. The number of ether oxygens (including phenoxy) is 2. The first-order valence-electron chi connectivity index (χ1n) is 10.3. The van der Waals surface area contributed by atoms with Crippen LogP contribution in [-0.2, 0) is 14.8 Å². The molecule has 2 aromatic rings. The van der Waals surface area contributed by atoms with Crippen molar-refractivity contribution in [3.05, 3.63) is 40.2 Å². The number of fused-ring (bicyclic) bond motifs is 1. The molecule has 1 fully saturated rings. The zero-order valence-electron chi connectivity index (χ0n) is 17.8. The normalized spacial score (nSPS) is 17.5. The van der Waals surface area contributed by atoms with Crippen molar-refractivity contribution in [3.8, 4) is 11.5 Å². The van der Waals surface area contributed by atoms with E-state index in [1.807, 2.05) is 0 Å². The number of rotatable bonds is 4. The summed E-state index contributed by atoms with van der Waals surface area (Å²) in [5.74, 6) is 1.13. The number of aryl methyl sites for hydroxylation is 2. The molecule has 1 aromatic heterocycles. The van der Waals surface area contributed by atoms with Crippen molar-refractivity contribution in [2.75, 3.05) is 39.4 Å². The van der Waals surface area contributed by atoms with Gasteiger partial charge >= 0.3 is 0 Å². The first-order valence-corrected chi connectivity index (χ1v) is 12.1. The predicted molar refractivity (Wildman–Crippen MR) is 117 cm³/mol. The van der Waals surface area contributed by atoms with E-state index in [1.54, 1.807) is 37.0 Å². The van der Waals surface area contributed by atoms with E-state index in [0.29, 0.717) is 41.0 Å². The van der Waals surface area contributed by atoms with Gasteiger partial charge in [-0.2, -0.15) is 4.31 Å². The maximum atomic E-state index is 12.9. The van der Waals surface area contributed by atoms with Crippen LogP contribution in [0.5, 0.6) is 11.5 Å². The van der Waals surface area contributed by atoms with Gasteiger partial charge in [-0.05, 0) is 37.6 Å². The summed E-state index contributed by atoms with van der Waals surface area (Å²) in [7, 11) is -3.72. The Bertz CT molecular complexity index is 1130. The van der Waals surface area contributed by atoms with E-state index in [1.165, 1.54) is 10.4 Å². The monoisotopic (exact) mass is 481 g/mol. The predicted octanol–water partition coefficient (Wildman–Crippen LogP) is 2.65. The molecule has 1 aromatic carbocycles. The lowest BCUT2D eigenvalue weighted by atomic mass is 10.1. The van der Waals surface area contributed by atoms with E-state index in [0.717, 1.165) is 6.42 Å². The molecule has 172 valence electrons. The van der Waals surface area contributed by atoms with Crippen molar-refractivity contribution in [1.29, 1.82) is 0 Å². The molecule has 0 unspecified atom stereocenters. The SMILES string of the molecule is Cc1noc(C)c1S(=O)(=O)N1CCN(C(=O)C=Cc2cc(Cl)c3c(c2)OCCCO3)CC1. The first kappa shape index (κ1) is 22.6. The second-order valence-corrected chi connectivity index (χ2v) is 9.88. The molecule has 1 saturated heterocycles. The fourth-order valence-corrected chi connectivity index (χ4v) is 5.73. The minimum absolute atomic E-state index is 0.100. The van der Waals surface area contributed by atoms with Crippen LogP contribution in [0.2, 0.25) is 5.02 Å². The van der Waals surface area contributed by atoms with Crippen molar-refractivity contribution < 1.29 is 27.2 Å². The molecular formula is C21H24ClN3O6S. The summed E-state index contributed by atoms with van der Waals surface area (Å²) in [6.45, 7) is 5.21. The Morgan fingerprint density at radius 1 is 1.12 bits per heavy atom. The van der Waals surface area contributed by atoms with Gasteiger partial charge in [-0.25, -0.2) is 8.42 Å². The summed E-state index contributed by atoms with van der Waals surface area (Å²) in [5.41, 5.74) is 1.05. The van der Waals surface area contributed by atoms with Crippen molar-refractivity contribution in [1.82, 2.24) is 14.4 Å². The highest BCUT2D eigenvalue weighted by Crippen LogP contribution is 2.38. The number of hydrogen-bond donors (Lipinski definition) is 0. The molecule has 0 saturated carbocycles. The van der Waals surface area contributed by atoms with Gasteiger partial charge in [-0.1, -0.05) is 16.8 Å². The van der Waals surface area contributed by atoms with Crippen LogP contribution in [0.15, 0.2) is 27.6 Å². The summed E-state index contributed by atoms with van der Waals surface area (Å²) in [6, 6.07) is 3.50. The molecule has 9 nitrogen and oxygen atoms in total. The summed E-state index contributed by atoms with van der Waals surface area (Å²) < 4.78 is 43.5. The molecule has 0 radical (unpaired) electrons. The van der Waals surface area contributed by atoms with Gasteiger partial charge in [0.2, 0.25) is 15.9 Å². The van der Waals surface area contributed by atoms with Crippen molar-refractivity contribution in [3.63, 3.8) is 0 Å². The van der Waals surface area contributed by atoms with Gasteiger partial charge in [0.1, 0.15) is 10.6 Å². The van der Waals surface area contributed by atoms with Gasteiger partial charge < -0.3 is 18.9 Å². The number of aromatic nitrogens is 1. The number of carbonyl (C=O) groups is 1. The first-order chi connectivity index (χ1) is 15.3. The molecule has 4 rings (SSSR count). The molecule has 32 heavy (non-hydrogen) atoms. The van der Waals surface area contributed by atoms with Crippen molar-refractivity contribution in [2.45, 2.75) is 25.2 Å². The van der Waals surface area contributed by atoms with Crippen molar-refractivity contribution in [2.24, 2.45) is 0 Å². The summed E-state index contributed by atoms with van der Waals surface area (Å²) in [5, 5.41) is 4.16. The van der Waals surface area contributed by atoms with E-state index < -0.39 is 10.0 Å². The second kappa shape index (κ2) is 9.13. The van der Waals surface area contributed by atoms with E-state index in [2.05, 4.69) is 5.16 Å². The van der Waals surface area contributed by atoms with Gasteiger partial charge in [0, 0.05) is 38.7 Å². The standard InChI is InChI=1S/C21H24ClN3O6S/c1-14-21(15(2)31-23-14)32(27,28)25-8-6-24(7-9-25)19(26)5-4-16-12-17(22)20-18(13-16)29-10-3-11-30-20/h4-5,12-13H,3,6-11H2,1-2H3. The topological polar surface area (TPSA) is 102 Å². The van der Waals surface area contributed by atoms with Gasteiger partial charge in [-0.15, -0.1) is 0 Å².